The van der Waals surface area contributed by atoms with Gasteiger partial charge in [0.1, 0.15) is 11.9 Å². The van der Waals surface area contributed by atoms with Gasteiger partial charge in [0.15, 0.2) is 11.6 Å². The van der Waals surface area contributed by atoms with Crippen molar-refractivity contribution in [3.8, 4) is 0 Å². The number of carbonyl (C=O) groups is 2. The lowest BCUT2D eigenvalue weighted by atomic mass is 10.0. The number of nitrogens with zero attached hydrogens (tertiary/aromatic N) is 1. The van der Waals surface area contributed by atoms with Crippen molar-refractivity contribution in [2.45, 2.75) is 24.9 Å². The Morgan fingerprint density at radius 2 is 2.00 bits per heavy atom. The Kier molecular flexibility index (Phi) is 5.79. The molecule has 1 saturated heterocycles. The number of amides is 2. The molecule has 1 aliphatic heterocycles. The Balaban J connectivity index is 2.01. The van der Waals surface area contributed by atoms with E-state index in [9.17, 15) is 27.9 Å². The van der Waals surface area contributed by atoms with Crippen molar-refractivity contribution >= 4 is 11.8 Å². The first-order valence-corrected chi connectivity index (χ1v) is 7.40. The lowest BCUT2D eigenvalue weighted by Gasteiger charge is -2.34. The minimum Gasteiger partial charge on any atom is -0.394 e. The molecular weight excluding hydrogens is 327 g/mol. The lowest BCUT2D eigenvalue weighted by molar-refractivity contribution is -0.145. The second-order valence-electron chi connectivity index (χ2n) is 5.60. The van der Waals surface area contributed by atoms with Gasteiger partial charge in [-0.25, -0.2) is 13.2 Å². The van der Waals surface area contributed by atoms with Crippen LogP contribution >= 0.6 is 0 Å². The summed E-state index contributed by atoms with van der Waals surface area (Å²) in [6.07, 6.45) is -0.388. The van der Waals surface area contributed by atoms with Gasteiger partial charge in [-0.1, -0.05) is 0 Å². The summed E-state index contributed by atoms with van der Waals surface area (Å²) in [4.78, 5) is 25.1. The van der Waals surface area contributed by atoms with Gasteiger partial charge in [0.2, 0.25) is 11.8 Å². The second kappa shape index (κ2) is 7.63. The van der Waals surface area contributed by atoms with Crippen molar-refractivity contribution in [2.24, 2.45) is 5.73 Å². The van der Waals surface area contributed by atoms with E-state index in [0.29, 0.717) is 12.1 Å². The molecule has 0 aromatic heterocycles. The first kappa shape index (κ1) is 18.2. The van der Waals surface area contributed by atoms with Gasteiger partial charge in [-0.2, -0.15) is 0 Å². The summed E-state index contributed by atoms with van der Waals surface area (Å²) in [5, 5.41) is 11.8. The van der Waals surface area contributed by atoms with E-state index in [1.807, 2.05) is 0 Å². The van der Waals surface area contributed by atoms with Crippen LogP contribution in [0, 0.1) is 17.5 Å². The molecule has 2 atom stereocenters. The highest BCUT2D eigenvalue weighted by molar-refractivity contribution is 5.89. The number of nitrogens with one attached hydrogen (secondary N) is 1. The van der Waals surface area contributed by atoms with Crippen molar-refractivity contribution in [3.63, 3.8) is 0 Å². The Morgan fingerprint density at radius 1 is 1.33 bits per heavy atom. The molecule has 0 unspecified atom stereocenters. The van der Waals surface area contributed by atoms with Crippen LogP contribution in [0.2, 0.25) is 0 Å². The number of aliphatic hydroxyl groups excluding tert-OH is 1. The zero-order valence-corrected chi connectivity index (χ0v) is 12.8. The molecule has 132 valence electrons. The third-order valence-electron chi connectivity index (χ3n) is 3.83. The summed E-state index contributed by atoms with van der Waals surface area (Å²) in [7, 11) is 0. The predicted octanol–water partition coefficient (Wildman–Crippen LogP) is -0.317. The highest BCUT2D eigenvalue weighted by atomic mass is 19.2. The number of nitrogens with two attached hydrogens (primary N) is 1. The molecule has 24 heavy (non-hydrogen) atoms. The third-order valence-corrected chi connectivity index (χ3v) is 3.83. The normalized spacial score (nSPS) is 19.1. The Bertz CT molecular complexity index is 642. The summed E-state index contributed by atoms with van der Waals surface area (Å²) in [6, 6.07) is -0.699. The highest BCUT2D eigenvalue weighted by Gasteiger charge is 2.32. The molecule has 0 bridgehead atoms. The number of hydrogen-bond acceptors (Lipinski definition) is 4. The molecule has 1 fully saturated rings. The van der Waals surface area contributed by atoms with Crippen LogP contribution in [0.3, 0.4) is 0 Å². The van der Waals surface area contributed by atoms with E-state index >= 15 is 0 Å². The van der Waals surface area contributed by atoms with E-state index in [0.717, 1.165) is 0 Å². The molecule has 9 heteroatoms. The zero-order chi connectivity index (χ0) is 17.9. The molecular formula is C15H18F3N3O3. The van der Waals surface area contributed by atoms with E-state index in [4.69, 9.17) is 5.73 Å². The summed E-state index contributed by atoms with van der Waals surface area (Å²) in [5.74, 6) is -4.37. The van der Waals surface area contributed by atoms with Crippen molar-refractivity contribution in [1.29, 1.82) is 0 Å². The van der Waals surface area contributed by atoms with Gasteiger partial charge < -0.3 is 21.1 Å². The predicted molar refractivity (Wildman–Crippen MR) is 78.2 cm³/mol. The summed E-state index contributed by atoms with van der Waals surface area (Å²) in [6.45, 7) is -0.0409. The van der Waals surface area contributed by atoms with Gasteiger partial charge in [-0.05, 0) is 18.1 Å². The smallest absolute Gasteiger partial charge is 0.245 e. The molecule has 0 saturated carbocycles. The Labute approximate surface area is 136 Å². The second-order valence-corrected chi connectivity index (χ2v) is 5.60. The maximum absolute atomic E-state index is 13.6. The molecule has 0 spiro atoms. The quantitative estimate of drug-likeness (QED) is 0.638. The minimum absolute atomic E-state index is 0.135. The fraction of sp³-hybridized carbons (Fsp3) is 0.467. The van der Waals surface area contributed by atoms with Crippen LogP contribution in [0.25, 0.3) is 0 Å². The van der Waals surface area contributed by atoms with Crippen molar-refractivity contribution < 1.29 is 27.9 Å². The number of aliphatic hydroxyl groups is 1. The molecule has 2 rings (SSSR count). The Morgan fingerprint density at radius 3 is 2.67 bits per heavy atom. The van der Waals surface area contributed by atoms with Crippen molar-refractivity contribution in [3.05, 3.63) is 35.1 Å². The lowest BCUT2D eigenvalue weighted by Crippen LogP contribution is -2.59. The largest absolute Gasteiger partial charge is 0.394 e. The molecule has 4 N–H and O–H groups in total. The van der Waals surface area contributed by atoms with Gasteiger partial charge in [0, 0.05) is 31.6 Å². The zero-order valence-electron chi connectivity index (χ0n) is 12.8. The van der Waals surface area contributed by atoms with Crippen LogP contribution in [0.4, 0.5) is 13.2 Å². The standard InChI is InChI=1S/C15H18F3N3O3/c16-10-6-12(18)11(17)4-8(10)3-9(19)5-14(23)21-2-1-20-15(24)13(21)7-22/h4,6,9,13,22H,1-3,5,7,19H2,(H,20,24)/t9-,13-/m1/s1. The number of carbonyl (C=O) groups excluding carboxylic acids is 2. The van der Waals surface area contributed by atoms with Gasteiger partial charge in [0.25, 0.3) is 0 Å². The molecule has 1 aliphatic rings. The van der Waals surface area contributed by atoms with Crippen molar-refractivity contribution in [1.82, 2.24) is 10.2 Å². The van der Waals surface area contributed by atoms with E-state index < -0.39 is 48.0 Å². The average molecular weight is 345 g/mol. The fourth-order valence-electron chi connectivity index (χ4n) is 2.61. The maximum atomic E-state index is 13.6. The fourth-order valence-corrected chi connectivity index (χ4v) is 2.61. The van der Waals surface area contributed by atoms with Crippen LogP contribution in [-0.2, 0) is 16.0 Å². The van der Waals surface area contributed by atoms with Crippen molar-refractivity contribution in [2.75, 3.05) is 19.7 Å². The van der Waals surface area contributed by atoms with Crippen LogP contribution < -0.4 is 11.1 Å². The third kappa shape index (κ3) is 4.04. The van der Waals surface area contributed by atoms with Crippen LogP contribution in [-0.4, -0.2) is 53.6 Å². The van der Waals surface area contributed by atoms with Gasteiger partial charge in [-0.3, -0.25) is 9.59 Å². The molecule has 1 aromatic rings. The molecule has 6 nitrogen and oxygen atoms in total. The summed E-state index contributed by atoms with van der Waals surface area (Å²) < 4.78 is 39.7. The average Bonchev–Trinajstić information content (AvgIpc) is 2.52. The van der Waals surface area contributed by atoms with Gasteiger partial charge in [0.05, 0.1) is 6.61 Å². The minimum atomic E-state index is -1.30. The van der Waals surface area contributed by atoms with Crippen LogP contribution in [0.15, 0.2) is 12.1 Å². The molecule has 0 radical (unpaired) electrons. The number of benzene rings is 1. The SMILES string of the molecule is N[C@@H](CC(=O)N1CCNC(=O)[C@H]1CO)Cc1cc(F)c(F)cc1F. The first-order valence-electron chi connectivity index (χ1n) is 7.40. The van der Waals surface area contributed by atoms with Crippen LogP contribution in [0.1, 0.15) is 12.0 Å². The number of hydrogen-bond donors (Lipinski definition) is 3. The highest BCUT2D eigenvalue weighted by Crippen LogP contribution is 2.16. The van der Waals surface area contributed by atoms with Gasteiger partial charge >= 0.3 is 0 Å². The van der Waals surface area contributed by atoms with E-state index in [1.54, 1.807) is 0 Å². The van der Waals surface area contributed by atoms with E-state index in [-0.39, 0.29) is 31.5 Å². The van der Waals surface area contributed by atoms with E-state index in [2.05, 4.69) is 5.32 Å². The number of halogens is 3. The monoisotopic (exact) mass is 345 g/mol. The van der Waals surface area contributed by atoms with E-state index in [1.165, 1.54) is 4.90 Å². The number of piperazine rings is 1. The number of rotatable bonds is 5. The molecule has 1 aromatic carbocycles. The molecule has 2 amide bonds. The molecule has 0 aliphatic carbocycles. The van der Waals surface area contributed by atoms with Gasteiger partial charge in [-0.15, -0.1) is 0 Å². The topological polar surface area (TPSA) is 95.7 Å². The first-order chi connectivity index (χ1) is 11.3. The Hall–Kier alpha value is -2.13. The summed E-state index contributed by atoms with van der Waals surface area (Å²) >= 11 is 0. The summed E-state index contributed by atoms with van der Waals surface area (Å²) in [5.41, 5.74) is 5.66. The van der Waals surface area contributed by atoms with Crippen LogP contribution in [0.5, 0.6) is 0 Å². The maximum Gasteiger partial charge on any atom is 0.245 e. The molecule has 1 heterocycles.